The van der Waals surface area contributed by atoms with E-state index in [9.17, 15) is 4.79 Å². The third-order valence-corrected chi connectivity index (χ3v) is 1.53. The van der Waals surface area contributed by atoms with Gasteiger partial charge in [-0.2, -0.15) is 0 Å². The molecule has 0 radical (unpaired) electrons. The molecule has 0 bridgehead atoms. The van der Waals surface area contributed by atoms with Crippen LogP contribution in [-0.2, 0) is 4.79 Å². The maximum Gasteiger partial charge on any atom is 0.234 e. The van der Waals surface area contributed by atoms with Gasteiger partial charge in [-0.05, 0) is 17.8 Å². The van der Waals surface area contributed by atoms with Crippen molar-refractivity contribution >= 4 is 6.08 Å². The highest BCUT2D eigenvalue weighted by molar-refractivity contribution is 5.32. The molecule has 0 aromatic carbocycles. The Kier molecular flexibility index (Phi) is 4.06. The number of carbonyl (C=O) groups excluding carboxylic acids is 1. The monoisotopic (exact) mass is 155 g/mol. The van der Waals surface area contributed by atoms with E-state index in [4.69, 9.17) is 0 Å². The average Bonchev–Trinajstić information content (AvgIpc) is 1.81. The number of hydrogen-bond acceptors (Lipinski definition) is 2. The van der Waals surface area contributed by atoms with Crippen LogP contribution in [0.5, 0.6) is 0 Å². The topological polar surface area (TPSA) is 29.4 Å². The first-order chi connectivity index (χ1) is 4.98. The molecule has 0 aromatic heterocycles. The zero-order valence-corrected chi connectivity index (χ0v) is 7.85. The van der Waals surface area contributed by atoms with E-state index < -0.39 is 0 Å². The predicted molar refractivity (Wildman–Crippen MR) is 46.2 cm³/mol. The number of isocyanates is 1. The average molecular weight is 155 g/mol. The highest BCUT2D eigenvalue weighted by Gasteiger charge is 2.18. The molecule has 0 atom stereocenters. The van der Waals surface area contributed by atoms with Crippen LogP contribution in [0.15, 0.2) is 4.99 Å². The zero-order chi connectivity index (χ0) is 8.91. The summed E-state index contributed by atoms with van der Waals surface area (Å²) in [6.07, 6.45) is 2.67. The third kappa shape index (κ3) is 5.81. The molecule has 2 heteroatoms. The Labute approximate surface area is 68.7 Å². The van der Waals surface area contributed by atoms with E-state index in [1.807, 2.05) is 0 Å². The van der Waals surface area contributed by atoms with E-state index in [-0.39, 0.29) is 5.41 Å². The molecule has 0 aliphatic rings. The van der Waals surface area contributed by atoms with Crippen molar-refractivity contribution in [3.05, 3.63) is 0 Å². The van der Waals surface area contributed by atoms with Crippen molar-refractivity contribution in [1.29, 1.82) is 0 Å². The van der Waals surface area contributed by atoms with Gasteiger partial charge in [-0.1, -0.05) is 27.7 Å². The van der Waals surface area contributed by atoms with E-state index >= 15 is 0 Å². The van der Waals surface area contributed by atoms with Crippen LogP contribution in [0, 0.1) is 11.3 Å². The first-order valence-corrected chi connectivity index (χ1v) is 4.01. The molecular formula is C9H17NO. The second-order valence-electron chi connectivity index (χ2n) is 4.17. The second kappa shape index (κ2) is 4.30. The maximum atomic E-state index is 9.85. The summed E-state index contributed by atoms with van der Waals surface area (Å²) in [6, 6.07) is 0. The first-order valence-electron chi connectivity index (χ1n) is 4.01. The Hall–Kier alpha value is -0.620. The Bertz CT molecular complexity index is 155. The van der Waals surface area contributed by atoms with Crippen molar-refractivity contribution in [2.75, 3.05) is 6.54 Å². The van der Waals surface area contributed by atoms with Crippen molar-refractivity contribution in [3.63, 3.8) is 0 Å². The molecule has 0 aliphatic carbocycles. The summed E-state index contributed by atoms with van der Waals surface area (Å²) in [4.78, 5) is 13.4. The number of hydrogen-bond donors (Lipinski definition) is 0. The molecule has 0 aromatic rings. The molecule has 0 spiro atoms. The van der Waals surface area contributed by atoms with Crippen molar-refractivity contribution in [2.45, 2.75) is 34.1 Å². The Morgan fingerprint density at radius 1 is 1.45 bits per heavy atom. The fraction of sp³-hybridized carbons (Fsp3) is 0.889. The lowest BCUT2D eigenvalue weighted by Gasteiger charge is -2.23. The van der Waals surface area contributed by atoms with Crippen molar-refractivity contribution in [3.8, 4) is 0 Å². The first kappa shape index (κ1) is 10.4. The van der Waals surface area contributed by atoms with Crippen LogP contribution >= 0.6 is 0 Å². The highest BCUT2D eigenvalue weighted by atomic mass is 16.1. The minimum Gasteiger partial charge on any atom is -0.211 e. The minimum atomic E-state index is 0.144. The summed E-state index contributed by atoms with van der Waals surface area (Å²) < 4.78 is 0. The van der Waals surface area contributed by atoms with Gasteiger partial charge in [-0.25, -0.2) is 9.79 Å². The van der Waals surface area contributed by atoms with Crippen LogP contribution < -0.4 is 0 Å². The summed E-state index contributed by atoms with van der Waals surface area (Å²) in [5, 5.41) is 0. The van der Waals surface area contributed by atoms with Gasteiger partial charge >= 0.3 is 0 Å². The molecule has 0 unspecified atom stereocenters. The van der Waals surface area contributed by atoms with Gasteiger partial charge < -0.3 is 0 Å². The fourth-order valence-corrected chi connectivity index (χ4v) is 1.42. The summed E-state index contributed by atoms with van der Waals surface area (Å²) >= 11 is 0. The molecular weight excluding hydrogens is 138 g/mol. The lowest BCUT2D eigenvalue weighted by molar-refractivity contribution is 0.298. The zero-order valence-electron chi connectivity index (χ0n) is 7.85. The molecule has 11 heavy (non-hydrogen) atoms. The summed E-state index contributed by atoms with van der Waals surface area (Å²) in [5.41, 5.74) is 0.144. The van der Waals surface area contributed by atoms with Crippen LogP contribution in [0.25, 0.3) is 0 Å². The Morgan fingerprint density at radius 2 is 2.00 bits per heavy atom. The van der Waals surface area contributed by atoms with E-state index in [0.29, 0.717) is 12.5 Å². The molecule has 0 aliphatic heterocycles. The summed E-state index contributed by atoms with van der Waals surface area (Å²) in [6.45, 7) is 9.18. The number of aliphatic imine (C=N–C) groups is 1. The maximum absolute atomic E-state index is 9.85. The minimum absolute atomic E-state index is 0.144. The van der Waals surface area contributed by atoms with Gasteiger partial charge in [0.1, 0.15) is 0 Å². The van der Waals surface area contributed by atoms with Gasteiger partial charge in [-0.15, -0.1) is 0 Å². The Morgan fingerprint density at radius 3 is 2.36 bits per heavy atom. The van der Waals surface area contributed by atoms with E-state index in [2.05, 4.69) is 32.7 Å². The van der Waals surface area contributed by atoms with Crippen LogP contribution in [0.2, 0.25) is 0 Å². The van der Waals surface area contributed by atoms with Gasteiger partial charge in [0, 0.05) is 0 Å². The van der Waals surface area contributed by atoms with Gasteiger partial charge in [0.05, 0.1) is 6.54 Å². The molecule has 0 heterocycles. The molecule has 2 nitrogen and oxygen atoms in total. The van der Waals surface area contributed by atoms with Gasteiger partial charge in [0.15, 0.2) is 0 Å². The fourth-order valence-electron chi connectivity index (χ4n) is 1.42. The lowest BCUT2D eigenvalue weighted by Crippen LogP contribution is -2.17. The highest BCUT2D eigenvalue weighted by Crippen LogP contribution is 2.24. The van der Waals surface area contributed by atoms with Crippen LogP contribution in [0.3, 0.4) is 0 Å². The van der Waals surface area contributed by atoms with Gasteiger partial charge in [-0.3, -0.25) is 0 Å². The van der Waals surface area contributed by atoms with Gasteiger partial charge in [0.25, 0.3) is 0 Å². The van der Waals surface area contributed by atoms with Crippen LogP contribution in [-0.4, -0.2) is 12.6 Å². The lowest BCUT2D eigenvalue weighted by atomic mass is 9.84. The predicted octanol–water partition coefficient (Wildman–Crippen LogP) is 2.39. The Balaban J connectivity index is 3.88. The molecule has 0 amide bonds. The second-order valence-corrected chi connectivity index (χ2v) is 4.17. The largest absolute Gasteiger partial charge is 0.234 e. The van der Waals surface area contributed by atoms with Gasteiger partial charge in [0.2, 0.25) is 6.08 Å². The quantitative estimate of drug-likeness (QED) is 0.452. The summed E-state index contributed by atoms with van der Waals surface area (Å²) in [7, 11) is 0. The van der Waals surface area contributed by atoms with Crippen molar-refractivity contribution < 1.29 is 4.79 Å². The smallest absolute Gasteiger partial charge is 0.211 e. The molecule has 0 saturated heterocycles. The van der Waals surface area contributed by atoms with Crippen molar-refractivity contribution in [1.82, 2.24) is 0 Å². The van der Waals surface area contributed by atoms with E-state index in [1.54, 1.807) is 6.08 Å². The molecule has 0 N–H and O–H groups in total. The number of nitrogens with zero attached hydrogens (tertiary/aromatic N) is 1. The number of rotatable bonds is 4. The normalized spacial score (nSPS) is 11.4. The van der Waals surface area contributed by atoms with Crippen molar-refractivity contribution in [2.24, 2.45) is 16.3 Å². The molecule has 0 rings (SSSR count). The van der Waals surface area contributed by atoms with Crippen LogP contribution in [0.1, 0.15) is 34.1 Å². The van der Waals surface area contributed by atoms with E-state index in [1.165, 1.54) is 0 Å². The van der Waals surface area contributed by atoms with E-state index in [0.717, 1.165) is 6.42 Å². The molecule has 0 fully saturated rings. The summed E-state index contributed by atoms with van der Waals surface area (Å²) in [5.74, 6) is 0.659. The standard InChI is InChI=1S/C9H17NO/c1-8(2)5-9(3,4)6-10-7-11/h8H,5-6H2,1-4H3. The SMILES string of the molecule is CC(C)CC(C)(C)CN=C=O. The third-order valence-electron chi connectivity index (χ3n) is 1.53. The molecule has 64 valence electrons. The molecule has 0 saturated carbocycles. The van der Waals surface area contributed by atoms with Crippen LogP contribution in [0.4, 0.5) is 0 Å².